The molecule has 4 N–H and O–H groups in total. The molecule has 0 spiro atoms. The zero-order valence-corrected chi connectivity index (χ0v) is 21.7. The molecular weight excluding hydrogens is 514 g/mol. The van der Waals surface area contributed by atoms with Crippen LogP contribution in [0.3, 0.4) is 0 Å². The number of aromatic hydroxyl groups is 1. The topological polar surface area (TPSA) is 139 Å². The van der Waals surface area contributed by atoms with Gasteiger partial charge in [-0.15, -0.1) is 0 Å². The van der Waals surface area contributed by atoms with Crippen molar-refractivity contribution in [2.24, 2.45) is 0 Å². The third-order valence-electron chi connectivity index (χ3n) is 6.18. The zero-order chi connectivity index (χ0) is 27.4. The average Bonchev–Trinajstić information content (AvgIpc) is 3.34. The Hall–Kier alpha value is -4.18. The lowest BCUT2D eigenvalue weighted by Crippen LogP contribution is -2.36. The van der Waals surface area contributed by atoms with E-state index >= 15 is 0 Å². The molecule has 1 aromatic heterocycles. The molecule has 4 rings (SSSR count). The summed E-state index contributed by atoms with van der Waals surface area (Å²) < 4.78 is 12.4. The average molecular weight is 542 g/mol. The van der Waals surface area contributed by atoms with E-state index in [1.807, 2.05) is 6.92 Å². The van der Waals surface area contributed by atoms with Gasteiger partial charge in [-0.1, -0.05) is 23.7 Å². The quantitative estimate of drug-likeness (QED) is 0.318. The van der Waals surface area contributed by atoms with Crippen molar-refractivity contribution in [1.29, 1.82) is 0 Å². The second kappa shape index (κ2) is 11.5. The number of rotatable bonds is 9. The molecule has 38 heavy (non-hydrogen) atoms. The number of benzene rings is 2. The van der Waals surface area contributed by atoms with Crippen molar-refractivity contribution in [2.45, 2.75) is 39.3 Å². The van der Waals surface area contributed by atoms with E-state index in [2.05, 4.69) is 10.6 Å². The summed E-state index contributed by atoms with van der Waals surface area (Å²) in [5, 5.41) is 25.4. The van der Waals surface area contributed by atoms with Crippen LogP contribution in [0, 0.1) is 6.92 Å². The van der Waals surface area contributed by atoms with Gasteiger partial charge in [0.2, 0.25) is 0 Å². The summed E-state index contributed by atoms with van der Waals surface area (Å²) in [4.78, 5) is 37.8. The second-order valence-corrected chi connectivity index (χ2v) is 9.24. The van der Waals surface area contributed by atoms with Crippen LogP contribution in [-0.2, 0) is 17.8 Å². The van der Waals surface area contributed by atoms with E-state index in [9.17, 15) is 24.6 Å². The predicted octanol–water partition coefficient (Wildman–Crippen LogP) is 4.24. The molecule has 0 bridgehead atoms. The van der Waals surface area contributed by atoms with Crippen LogP contribution in [0.1, 0.15) is 41.6 Å². The van der Waals surface area contributed by atoms with E-state index in [0.717, 1.165) is 11.3 Å². The van der Waals surface area contributed by atoms with Crippen LogP contribution in [0.25, 0.3) is 0 Å². The molecule has 2 amide bonds. The Morgan fingerprint density at radius 3 is 2.79 bits per heavy atom. The molecule has 11 heteroatoms. The maximum atomic E-state index is 13.3. The Morgan fingerprint density at radius 2 is 2.05 bits per heavy atom. The Balaban J connectivity index is 1.60. The number of hydrogen-bond donors (Lipinski definition) is 4. The number of carboxylic acids is 1. The molecule has 10 nitrogen and oxygen atoms in total. The number of carbonyl (C=O) groups is 2. The number of carboxylic acid groups (broad SMARTS) is 1. The van der Waals surface area contributed by atoms with Gasteiger partial charge in [0.1, 0.15) is 17.2 Å². The number of aryl methyl sites for hydroxylation is 1. The fraction of sp³-hybridized carbons (Fsp3) is 0.296. The number of urea groups is 1. The third kappa shape index (κ3) is 5.86. The van der Waals surface area contributed by atoms with Crippen molar-refractivity contribution in [2.75, 3.05) is 18.5 Å². The summed E-state index contributed by atoms with van der Waals surface area (Å²) >= 11 is 6.37. The Kier molecular flexibility index (Phi) is 8.11. The Bertz CT molecular complexity index is 1440. The van der Waals surface area contributed by atoms with Crippen molar-refractivity contribution < 1.29 is 29.3 Å². The minimum Gasteiger partial charge on any atom is -0.505 e. The first kappa shape index (κ1) is 26.9. The number of nitrogens with zero attached hydrogens (tertiary/aromatic N) is 1. The van der Waals surface area contributed by atoms with Gasteiger partial charge in [-0.05, 0) is 49.2 Å². The van der Waals surface area contributed by atoms with Crippen LogP contribution in [0.5, 0.6) is 17.2 Å². The largest absolute Gasteiger partial charge is 0.505 e. The highest BCUT2D eigenvalue weighted by Gasteiger charge is 2.23. The SMILES string of the molecule is CCOc1cccc(Cl)c1Cn1cc(C)c(O)c(NC(=O)N[C@@H](CC(=O)O)c2ccc3c(c2)CCO3)c1=O. The van der Waals surface area contributed by atoms with E-state index in [-0.39, 0.29) is 18.7 Å². The highest BCUT2D eigenvalue weighted by molar-refractivity contribution is 6.31. The lowest BCUT2D eigenvalue weighted by molar-refractivity contribution is -0.137. The van der Waals surface area contributed by atoms with E-state index in [4.69, 9.17) is 21.1 Å². The number of ether oxygens (including phenoxy) is 2. The maximum Gasteiger partial charge on any atom is 0.319 e. The molecule has 1 aliphatic heterocycles. The Morgan fingerprint density at radius 1 is 1.26 bits per heavy atom. The summed E-state index contributed by atoms with van der Waals surface area (Å²) in [5.41, 5.74) is 1.40. The molecule has 0 fully saturated rings. The van der Waals surface area contributed by atoms with E-state index in [1.54, 1.807) is 43.3 Å². The number of carbonyl (C=O) groups excluding carboxylic acids is 1. The minimum atomic E-state index is -1.11. The summed E-state index contributed by atoms with van der Waals surface area (Å²) in [6.45, 7) is 4.39. The van der Waals surface area contributed by atoms with Crippen LogP contribution in [0.15, 0.2) is 47.4 Å². The summed E-state index contributed by atoms with van der Waals surface area (Å²) in [7, 11) is 0. The molecule has 0 saturated heterocycles. The molecule has 1 atom stereocenters. The lowest BCUT2D eigenvalue weighted by Gasteiger charge is -2.20. The lowest BCUT2D eigenvalue weighted by atomic mass is 10.0. The van der Waals surface area contributed by atoms with Crippen molar-refractivity contribution >= 4 is 29.3 Å². The van der Waals surface area contributed by atoms with Gasteiger partial charge < -0.3 is 34.9 Å². The third-order valence-corrected chi connectivity index (χ3v) is 6.53. The van der Waals surface area contributed by atoms with Crippen LogP contribution in [0.2, 0.25) is 5.02 Å². The normalized spacial score (nSPS) is 12.8. The van der Waals surface area contributed by atoms with Crippen LogP contribution in [-0.4, -0.2) is 40.0 Å². The van der Waals surface area contributed by atoms with E-state index in [1.165, 1.54) is 10.8 Å². The van der Waals surface area contributed by atoms with Gasteiger partial charge in [0, 0.05) is 28.8 Å². The van der Waals surface area contributed by atoms with Gasteiger partial charge in [-0.3, -0.25) is 9.59 Å². The van der Waals surface area contributed by atoms with Gasteiger partial charge in [0.25, 0.3) is 5.56 Å². The molecule has 1 aliphatic rings. The van der Waals surface area contributed by atoms with Gasteiger partial charge in [-0.2, -0.15) is 0 Å². The van der Waals surface area contributed by atoms with E-state index in [0.29, 0.717) is 47.1 Å². The zero-order valence-electron chi connectivity index (χ0n) is 20.9. The molecule has 0 unspecified atom stereocenters. The van der Waals surface area contributed by atoms with Crippen LogP contribution < -0.4 is 25.7 Å². The van der Waals surface area contributed by atoms with Gasteiger partial charge in [-0.25, -0.2) is 4.79 Å². The summed E-state index contributed by atoms with van der Waals surface area (Å²) in [6, 6.07) is 8.65. The fourth-order valence-corrected chi connectivity index (χ4v) is 4.56. The summed E-state index contributed by atoms with van der Waals surface area (Å²) in [5.74, 6) is -0.266. The number of amides is 2. The molecule has 0 aliphatic carbocycles. The summed E-state index contributed by atoms with van der Waals surface area (Å²) in [6.07, 6.45) is 1.76. The fourth-order valence-electron chi connectivity index (χ4n) is 4.34. The monoisotopic (exact) mass is 541 g/mol. The number of nitrogens with one attached hydrogen (secondary N) is 2. The van der Waals surface area contributed by atoms with E-state index < -0.39 is 29.4 Å². The van der Waals surface area contributed by atoms with Gasteiger partial charge >= 0.3 is 12.0 Å². The molecule has 2 heterocycles. The standard InChI is InChI=1S/C27H28ClN3O7/c1-3-37-22-6-4-5-19(28)18(22)14-31-13-15(2)25(34)24(26(31)35)30-27(36)29-20(12-23(32)33)16-7-8-21-17(11-16)9-10-38-21/h4-8,11,13,20,34H,3,9-10,12,14H2,1-2H3,(H,32,33)(H2,29,30,36)/t20-/m0/s1. The molecule has 3 aromatic rings. The number of anilines is 1. The van der Waals surface area contributed by atoms with Gasteiger partial charge in [0.15, 0.2) is 5.69 Å². The van der Waals surface area contributed by atoms with Crippen LogP contribution >= 0.6 is 11.6 Å². The molecule has 0 saturated carbocycles. The number of pyridine rings is 1. The minimum absolute atomic E-state index is 0.0318. The molecule has 200 valence electrons. The molecular formula is C27H28ClN3O7. The van der Waals surface area contributed by atoms with Crippen LogP contribution in [0.4, 0.5) is 10.5 Å². The number of hydrogen-bond acceptors (Lipinski definition) is 6. The highest BCUT2D eigenvalue weighted by atomic mass is 35.5. The number of aromatic nitrogens is 1. The first-order valence-electron chi connectivity index (χ1n) is 12.1. The van der Waals surface area contributed by atoms with Gasteiger partial charge in [0.05, 0.1) is 32.2 Å². The van der Waals surface area contributed by atoms with Crippen molar-refractivity contribution in [3.8, 4) is 17.2 Å². The van der Waals surface area contributed by atoms with Crippen molar-refractivity contribution in [1.82, 2.24) is 9.88 Å². The highest BCUT2D eigenvalue weighted by Crippen LogP contribution is 2.31. The molecule has 2 aromatic carbocycles. The maximum absolute atomic E-state index is 13.3. The number of aliphatic carboxylic acids is 1. The smallest absolute Gasteiger partial charge is 0.319 e. The Labute approximate surface area is 223 Å². The first-order chi connectivity index (χ1) is 18.2. The predicted molar refractivity (Wildman–Crippen MR) is 142 cm³/mol. The van der Waals surface area contributed by atoms with Crippen molar-refractivity contribution in [3.05, 3.63) is 80.2 Å². The first-order valence-corrected chi connectivity index (χ1v) is 12.4. The molecule has 0 radical (unpaired) electrons. The number of fused-ring (bicyclic) bond motifs is 1. The second-order valence-electron chi connectivity index (χ2n) is 8.83. The number of halogens is 1. The van der Waals surface area contributed by atoms with Crippen molar-refractivity contribution in [3.63, 3.8) is 0 Å².